The molecule has 19 heavy (non-hydrogen) atoms. The van der Waals surface area contributed by atoms with Crippen molar-refractivity contribution in [3.05, 3.63) is 28.3 Å². The molecule has 0 radical (unpaired) electrons. The quantitative estimate of drug-likeness (QED) is 0.623. The van der Waals surface area contributed by atoms with Crippen LogP contribution in [0.4, 0.5) is 30.2 Å². The number of amides is 1. The lowest BCUT2D eigenvalue weighted by atomic mass is 10.2. The topological polar surface area (TPSA) is 78.7 Å². The zero-order valence-corrected chi connectivity index (χ0v) is 9.43. The average Bonchev–Trinajstić information content (AvgIpc) is 2.61. The molecule has 1 aliphatic heterocycles. The fourth-order valence-electron chi connectivity index (χ4n) is 1.66. The number of fused-ring (bicyclic) bond motifs is 1. The molecule has 0 saturated heterocycles. The van der Waals surface area contributed by atoms with E-state index >= 15 is 0 Å². The van der Waals surface area contributed by atoms with Crippen LogP contribution in [0.15, 0.2) is 18.2 Å². The number of non-ortho nitro benzene ring substituents is 1. The summed E-state index contributed by atoms with van der Waals surface area (Å²) in [6.45, 7) is 0. The van der Waals surface area contributed by atoms with E-state index in [9.17, 15) is 28.1 Å². The third-order valence-electron chi connectivity index (χ3n) is 2.44. The van der Waals surface area contributed by atoms with Gasteiger partial charge in [0, 0.05) is 19.2 Å². The molecule has 0 aliphatic carbocycles. The van der Waals surface area contributed by atoms with Crippen LogP contribution in [0.3, 0.4) is 0 Å². The SMILES string of the molecule is CN1Nc2cc([N+](=O)[O-])ccc2N1C(=O)C(F)(F)F. The van der Waals surface area contributed by atoms with Crippen LogP contribution in [0.5, 0.6) is 0 Å². The molecule has 0 aromatic heterocycles. The Bertz CT molecular complexity index is 560. The lowest BCUT2D eigenvalue weighted by Gasteiger charge is -2.24. The number of rotatable bonds is 1. The number of carbonyl (C=O) groups is 1. The Kier molecular flexibility index (Phi) is 2.81. The zero-order valence-electron chi connectivity index (χ0n) is 9.43. The number of hydrogen-bond acceptors (Lipinski definition) is 5. The van der Waals surface area contributed by atoms with Crippen LogP contribution in [0.1, 0.15) is 0 Å². The van der Waals surface area contributed by atoms with Crippen LogP contribution < -0.4 is 10.4 Å². The molecule has 1 heterocycles. The van der Waals surface area contributed by atoms with Crippen LogP contribution in [-0.4, -0.2) is 29.2 Å². The molecule has 10 heteroatoms. The monoisotopic (exact) mass is 276 g/mol. The highest BCUT2D eigenvalue weighted by Gasteiger charge is 2.47. The van der Waals surface area contributed by atoms with E-state index in [-0.39, 0.29) is 17.1 Å². The van der Waals surface area contributed by atoms with Gasteiger partial charge in [-0.2, -0.15) is 13.2 Å². The van der Waals surface area contributed by atoms with Crippen LogP contribution in [0, 0.1) is 10.1 Å². The maximum absolute atomic E-state index is 12.4. The van der Waals surface area contributed by atoms with Gasteiger partial charge in [0.05, 0.1) is 16.3 Å². The molecule has 0 saturated carbocycles. The summed E-state index contributed by atoms with van der Waals surface area (Å²) in [4.78, 5) is 21.1. The lowest BCUT2D eigenvalue weighted by Crippen LogP contribution is -2.48. The number of hydrogen-bond donors (Lipinski definition) is 1. The molecule has 2 rings (SSSR count). The minimum Gasteiger partial charge on any atom is -0.299 e. The van der Waals surface area contributed by atoms with Gasteiger partial charge in [-0.1, -0.05) is 0 Å². The summed E-state index contributed by atoms with van der Waals surface area (Å²) in [5, 5.41) is 11.7. The number of anilines is 2. The van der Waals surface area contributed by atoms with Crippen molar-refractivity contribution in [1.29, 1.82) is 0 Å². The first kappa shape index (κ1) is 13.1. The van der Waals surface area contributed by atoms with E-state index in [1.165, 1.54) is 7.05 Å². The van der Waals surface area contributed by atoms with Gasteiger partial charge < -0.3 is 0 Å². The van der Waals surface area contributed by atoms with E-state index in [1.807, 2.05) is 0 Å². The number of nitrogens with one attached hydrogen (secondary N) is 1. The van der Waals surface area contributed by atoms with Gasteiger partial charge in [-0.05, 0) is 6.07 Å². The number of nitro benzene ring substituents is 1. The second kappa shape index (κ2) is 4.09. The van der Waals surface area contributed by atoms with Gasteiger partial charge in [-0.3, -0.25) is 20.3 Å². The normalized spacial score (nSPS) is 15.1. The minimum absolute atomic E-state index is 0.0503. The average molecular weight is 276 g/mol. The summed E-state index contributed by atoms with van der Waals surface area (Å²) >= 11 is 0. The molecule has 1 N–H and O–H groups in total. The zero-order chi connectivity index (χ0) is 14.4. The first-order valence-electron chi connectivity index (χ1n) is 4.92. The maximum Gasteiger partial charge on any atom is 0.473 e. The van der Waals surface area contributed by atoms with Crippen LogP contribution >= 0.6 is 0 Å². The molecule has 102 valence electrons. The highest BCUT2D eigenvalue weighted by atomic mass is 19.4. The summed E-state index contributed by atoms with van der Waals surface area (Å²) < 4.78 is 37.3. The van der Waals surface area contributed by atoms with Crippen molar-refractivity contribution < 1.29 is 22.9 Å². The van der Waals surface area contributed by atoms with Gasteiger partial charge in [0.25, 0.3) is 5.69 Å². The molecule has 1 aromatic rings. The van der Waals surface area contributed by atoms with Crippen LogP contribution in [-0.2, 0) is 4.79 Å². The van der Waals surface area contributed by atoms with Crippen LogP contribution in [0.2, 0.25) is 0 Å². The van der Waals surface area contributed by atoms with E-state index in [2.05, 4.69) is 5.43 Å². The summed E-state index contributed by atoms with van der Waals surface area (Å²) in [6.07, 6.45) is -5.04. The van der Waals surface area contributed by atoms with Crippen molar-refractivity contribution in [2.45, 2.75) is 6.18 Å². The minimum atomic E-state index is -5.04. The molecular weight excluding hydrogens is 269 g/mol. The number of nitro groups is 1. The summed E-state index contributed by atoms with van der Waals surface area (Å²) in [7, 11) is 1.19. The van der Waals surface area contributed by atoms with Crippen LogP contribution in [0.25, 0.3) is 0 Å². The number of benzene rings is 1. The number of carbonyl (C=O) groups excluding carboxylic acids is 1. The first-order chi connectivity index (χ1) is 8.71. The Morgan fingerprint density at radius 3 is 2.58 bits per heavy atom. The summed E-state index contributed by atoms with van der Waals surface area (Å²) in [5.41, 5.74) is 2.09. The van der Waals surface area contributed by atoms with E-state index in [0.29, 0.717) is 5.01 Å². The van der Waals surface area contributed by atoms with Crippen molar-refractivity contribution in [2.24, 2.45) is 0 Å². The lowest BCUT2D eigenvalue weighted by molar-refractivity contribution is -0.384. The third kappa shape index (κ3) is 2.17. The van der Waals surface area contributed by atoms with Gasteiger partial charge in [-0.25, -0.2) is 5.01 Å². The largest absolute Gasteiger partial charge is 0.473 e. The predicted molar refractivity (Wildman–Crippen MR) is 58.0 cm³/mol. The third-order valence-corrected chi connectivity index (χ3v) is 2.44. The standard InChI is InChI=1S/C9H7F3N4O3/c1-14-13-6-4-5(16(18)19)2-3-7(6)15(14)8(17)9(10,11)12/h2-4,13H,1H3. The number of hydrazine groups is 2. The molecule has 1 aliphatic rings. The Morgan fingerprint density at radius 1 is 1.42 bits per heavy atom. The van der Waals surface area contributed by atoms with Gasteiger partial charge in [-0.15, -0.1) is 5.12 Å². The summed E-state index contributed by atoms with van der Waals surface area (Å²) in [6, 6.07) is 3.15. The number of halogens is 3. The van der Waals surface area contributed by atoms with Crippen molar-refractivity contribution >= 4 is 23.0 Å². The molecule has 0 bridgehead atoms. The predicted octanol–water partition coefficient (Wildman–Crippen LogP) is 1.68. The second-order valence-corrected chi connectivity index (χ2v) is 3.71. The Morgan fingerprint density at radius 2 is 2.05 bits per heavy atom. The van der Waals surface area contributed by atoms with Crippen molar-refractivity contribution in [3.8, 4) is 0 Å². The van der Waals surface area contributed by atoms with Crippen molar-refractivity contribution in [3.63, 3.8) is 0 Å². The smallest absolute Gasteiger partial charge is 0.299 e. The molecule has 1 amide bonds. The van der Waals surface area contributed by atoms with Crippen molar-refractivity contribution in [2.75, 3.05) is 17.5 Å². The van der Waals surface area contributed by atoms with E-state index in [4.69, 9.17) is 0 Å². The Labute approximate surface area is 104 Å². The summed E-state index contributed by atoms with van der Waals surface area (Å²) in [5.74, 6) is -2.09. The molecule has 0 fully saturated rings. The second-order valence-electron chi connectivity index (χ2n) is 3.71. The fraction of sp³-hybridized carbons (Fsp3) is 0.222. The molecular formula is C9H7F3N4O3. The first-order valence-corrected chi connectivity index (χ1v) is 4.92. The van der Waals surface area contributed by atoms with E-state index < -0.39 is 17.0 Å². The Hall–Kier alpha value is -2.36. The maximum atomic E-state index is 12.4. The fourth-order valence-corrected chi connectivity index (χ4v) is 1.66. The number of nitrogens with zero attached hydrogens (tertiary/aromatic N) is 3. The molecule has 0 spiro atoms. The number of alkyl halides is 3. The highest BCUT2D eigenvalue weighted by Crippen LogP contribution is 2.37. The highest BCUT2D eigenvalue weighted by molar-refractivity contribution is 6.01. The van der Waals surface area contributed by atoms with Gasteiger partial charge in [0.2, 0.25) is 0 Å². The Balaban J connectivity index is 2.43. The molecule has 0 atom stereocenters. The molecule has 7 nitrogen and oxygen atoms in total. The molecule has 0 unspecified atom stereocenters. The van der Waals surface area contributed by atoms with Gasteiger partial charge in [0.15, 0.2) is 0 Å². The molecule has 1 aromatic carbocycles. The van der Waals surface area contributed by atoms with Gasteiger partial charge >= 0.3 is 12.1 Å². The van der Waals surface area contributed by atoms with Crippen molar-refractivity contribution in [1.82, 2.24) is 5.12 Å². The van der Waals surface area contributed by atoms with E-state index in [0.717, 1.165) is 23.3 Å². The van der Waals surface area contributed by atoms with Gasteiger partial charge in [0.1, 0.15) is 0 Å². The van der Waals surface area contributed by atoms with E-state index in [1.54, 1.807) is 0 Å².